The zero-order chi connectivity index (χ0) is 12.8. The summed E-state index contributed by atoms with van der Waals surface area (Å²) in [7, 11) is 0. The molecule has 0 radical (unpaired) electrons. The normalized spacial score (nSPS) is 14.6. The predicted molar refractivity (Wildman–Crippen MR) is 76.4 cm³/mol. The summed E-state index contributed by atoms with van der Waals surface area (Å²) in [6, 6.07) is 7.16. The Hall–Kier alpha value is -0.820. The first kappa shape index (κ1) is 14.2. The van der Waals surface area contributed by atoms with Crippen molar-refractivity contribution in [1.82, 2.24) is 5.32 Å². The van der Waals surface area contributed by atoms with Crippen LogP contribution in [0.4, 0.5) is 0 Å². The second-order valence-corrected chi connectivity index (χ2v) is 5.38. The fourth-order valence-corrected chi connectivity index (χ4v) is 2.31. The number of aryl methyl sites for hydroxylation is 2. The average molecular weight is 233 g/mol. The molecule has 0 aliphatic rings. The summed E-state index contributed by atoms with van der Waals surface area (Å²) in [6.45, 7) is 12.3. The van der Waals surface area contributed by atoms with Gasteiger partial charge in [-0.25, -0.2) is 0 Å². The molecule has 0 aliphatic heterocycles. The number of rotatable bonds is 6. The first-order chi connectivity index (χ1) is 8.04. The van der Waals surface area contributed by atoms with E-state index in [1.165, 1.54) is 29.5 Å². The first-order valence-corrected chi connectivity index (χ1v) is 6.85. The van der Waals surface area contributed by atoms with Gasteiger partial charge in [-0.1, -0.05) is 44.0 Å². The van der Waals surface area contributed by atoms with Crippen LogP contribution in [0.25, 0.3) is 0 Å². The van der Waals surface area contributed by atoms with Gasteiger partial charge in [0.1, 0.15) is 0 Å². The Morgan fingerprint density at radius 1 is 1.18 bits per heavy atom. The molecular weight excluding hydrogens is 206 g/mol. The van der Waals surface area contributed by atoms with E-state index in [1.807, 2.05) is 0 Å². The number of benzene rings is 1. The SMILES string of the molecule is CCCC(C)CNC(C)c1cc(C)ccc1C. The largest absolute Gasteiger partial charge is 0.310 e. The van der Waals surface area contributed by atoms with E-state index in [4.69, 9.17) is 0 Å². The van der Waals surface area contributed by atoms with Gasteiger partial charge < -0.3 is 5.32 Å². The Morgan fingerprint density at radius 2 is 1.88 bits per heavy atom. The summed E-state index contributed by atoms with van der Waals surface area (Å²) in [5.74, 6) is 0.771. The van der Waals surface area contributed by atoms with Crippen molar-refractivity contribution in [2.45, 2.75) is 53.5 Å². The van der Waals surface area contributed by atoms with Crippen LogP contribution in [0.15, 0.2) is 18.2 Å². The summed E-state index contributed by atoms with van der Waals surface area (Å²) >= 11 is 0. The Kier molecular flexibility index (Phi) is 5.70. The molecule has 2 atom stereocenters. The van der Waals surface area contributed by atoms with E-state index in [9.17, 15) is 0 Å². The van der Waals surface area contributed by atoms with E-state index in [0.717, 1.165) is 12.5 Å². The zero-order valence-corrected chi connectivity index (χ0v) is 12.0. The smallest absolute Gasteiger partial charge is 0.0294 e. The maximum Gasteiger partial charge on any atom is 0.0294 e. The highest BCUT2D eigenvalue weighted by Gasteiger charge is 2.09. The lowest BCUT2D eigenvalue weighted by molar-refractivity contribution is 0.443. The van der Waals surface area contributed by atoms with Crippen molar-refractivity contribution in [3.63, 3.8) is 0 Å². The lowest BCUT2D eigenvalue weighted by atomic mass is 9.99. The van der Waals surface area contributed by atoms with Crippen molar-refractivity contribution in [3.05, 3.63) is 34.9 Å². The lowest BCUT2D eigenvalue weighted by Gasteiger charge is -2.20. The van der Waals surface area contributed by atoms with Gasteiger partial charge in [0.2, 0.25) is 0 Å². The molecule has 0 amide bonds. The summed E-state index contributed by atoms with van der Waals surface area (Å²) in [5, 5.41) is 3.65. The van der Waals surface area contributed by atoms with Crippen LogP contribution in [0.5, 0.6) is 0 Å². The molecule has 0 bridgehead atoms. The summed E-state index contributed by atoms with van der Waals surface area (Å²) in [4.78, 5) is 0. The highest BCUT2D eigenvalue weighted by molar-refractivity contribution is 5.32. The molecule has 0 spiro atoms. The molecule has 0 saturated heterocycles. The van der Waals surface area contributed by atoms with E-state index in [0.29, 0.717) is 6.04 Å². The third-order valence-electron chi connectivity index (χ3n) is 3.46. The molecular formula is C16H27N. The number of nitrogens with one attached hydrogen (secondary N) is 1. The van der Waals surface area contributed by atoms with Gasteiger partial charge in [-0.3, -0.25) is 0 Å². The van der Waals surface area contributed by atoms with Crippen molar-refractivity contribution in [2.75, 3.05) is 6.54 Å². The van der Waals surface area contributed by atoms with E-state index in [1.54, 1.807) is 0 Å². The van der Waals surface area contributed by atoms with Crippen molar-refractivity contribution in [3.8, 4) is 0 Å². The second kappa shape index (κ2) is 6.80. The molecule has 96 valence electrons. The van der Waals surface area contributed by atoms with E-state index in [-0.39, 0.29) is 0 Å². The maximum absolute atomic E-state index is 3.65. The molecule has 0 heterocycles. The van der Waals surface area contributed by atoms with E-state index >= 15 is 0 Å². The Morgan fingerprint density at radius 3 is 2.53 bits per heavy atom. The minimum Gasteiger partial charge on any atom is -0.310 e. The number of hydrogen-bond donors (Lipinski definition) is 1. The summed E-state index contributed by atoms with van der Waals surface area (Å²) < 4.78 is 0. The zero-order valence-electron chi connectivity index (χ0n) is 12.0. The molecule has 1 aromatic rings. The molecule has 1 aromatic carbocycles. The molecule has 2 unspecified atom stereocenters. The van der Waals surface area contributed by atoms with Crippen LogP contribution in [0, 0.1) is 19.8 Å². The first-order valence-electron chi connectivity index (χ1n) is 6.85. The molecule has 0 fully saturated rings. The van der Waals surface area contributed by atoms with Crippen LogP contribution in [0.2, 0.25) is 0 Å². The standard InChI is InChI=1S/C16H27N/c1-6-7-13(3)11-17-15(5)16-10-12(2)8-9-14(16)4/h8-10,13,15,17H,6-7,11H2,1-5H3. The highest BCUT2D eigenvalue weighted by atomic mass is 14.9. The van der Waals surface area contributed by atoms with Gasteiger partial charge in [0.05, 0.1) is 0 Å². The van der Waals surface area contributed by atoms with Gasteiger partial charge in [-0.05, 0) is 50.8 Å². The fraction of sp³-hybridized carbons (Fsp3) is 0.625. The minimum atomic E-state index is 0.453. The van der Waals surface area contributed by atoms with Gasteiger partial charge in [0.15, 0.2) is 0 Å². The fourth-order valence-electron chi connectivity index (χ4n) is 2.31. The van der Waals surface area contributed by atoms with Crippen LogP contribution >= 0.6 is 0 Å². The predicted octanol–water partition coefficient (Wildman–Crippen LogP) is 4.39. The Labute approximate surface area is 107 Å². The molecule has 0 aliphatic carbocycles. The van der Waals surface area contributed by atoms with Crippen molar-refractivity contribution < 1.29 is 0 Å². The third-order valence-corrected chi connectivity index (χ3v) is 3.46. The van der Waals surface area contributed by atoms with Crippen LogP contribution in [0.3, 0.4) is 0 Å². The molecule has 0 saturated carbocycles. The highest BCUT2D eigenvalue weighted by Crippen LogP contribution is 2.19. The van der Waals surface area contributed by atoms with Crippen LogP contribution in [-0.4, -0.2) is 6.54 Å². The van der Waals surface area contributed by atoms with Crippen LogP contribution < -0.4 is 5.32 Å². The van der Waals surface area contributed by atoms with Gasteiger partial charge in [-0.15, -0.1) is 0 Å². The average Bonchev–Trinajstić information content (AvgIpc) is 2.29. The van der Waals surface area contributed by atoms with Crippen LogP contribution in [-0.2, 0) is 0 Å². The topological polar surface area (TPSA) is 12.0 Å². The van der Waals surface area contributed by atoms with Gasteiger partial charge in [0, 0.05) is 6.04 Å². The van der Waals surface area contributed by atoms with Crippen molar-refractivity contribution >= 4 is 0 Å². The molecule has 0 aromatic heterocycles. The van der Waals surface area contributed by atoms with Crippen molar-refractivity contribution in [2.24, 2.45) is 5.92 Å². The van der Waals surface area contributed by atoms with E-state index < -0.39 is 0 Å². The van der Waals surface area contributed by atoms with Crippen LogP contribution in [0.1, 0.15) is 56.3 Å². The van der Waals surface area contributed by atoms with Gasteiger partial charge in [0.25, 0.3) is 0 Å². The Bertz CT molecular complexity index is 343. The molecule has 17 heavy (non-hydrogen) atoms. The lowest BCUT2D eigenvalue weighted by Crippen LogP contribution is -2.25. The molecule has 1 N–H and O–H groups in total. The van der Waals surface area contributed by atoms with E-state index in [2.05, 4.69) is 58.1 Å². The second-order valence-electron chi connectivity index (χ2n) is 5.38. The summed E-state index contributed by atoms with van der Waals surface area (Å²) in [6.07, 6.45) is 2.59. The molecule has 1 nitrogen and oxygen atoms in total. The number of hydrogen-bond acceptors (Lipinski definition) is 1. The quantitative estimate of drug-likeness (QED) is 0.768. The van der Waals surface area contributed by atoms with Gasteiger partial charge in [-0.2, -0.15) is 0 Å². The Balaban J connectivity index is 2.57. The monoisotopic (exact) mass is 233 g/mol. The molecule has 1 heteroatoms. The third kappa shape index (κ3) is 4.51. The van der Waals surface area contributed by atoms with Crippen molar-refractivity contribution in [1.29, 1.82) is 0 Å². The van der Waals surface area contributed by atoms with Gasteiger partial charge >= 0.3 is 0 Å². The molecule has 1 rings (SSSR count). The summed E-state index contributed by atoms with van der Waals surface area (Å²) in [5.41, 5.74) is 4.17. The maximum atomic E-state index is 3.65. The minimum absolute atomic E-state index is 0.453.